The molecule has 4 aliphatic rings. The highest BCUT2D eigenvalue weighted by atomic mass is 16.8. The fourth-order valence-corrected chi connectivity index (χ4v) is 13.1. The number of ether oxygens (including phenoxy) is 13. The molecule has 1 saturated carbocycles. The molecule has 3 saturated heterocycles. The molecule has 4 fully saturated rings. The van der Waals surface area contributed by atoms with Crippen molar-refractivity contribution in [3.8, 4) is 0 Å². The Hall–Kier alpha value is -10.1. The zero-order valence-electron chi connectivity index (χ0n) is 56.5. The van der Waals surface area contributed by atoms with Gasteiger partial charge in [0, 0.05) is 29.5 Å². The van der Waals surface area contributed by atoms with Crippen molar-refractivity contribution in [2.24, 2.45) is 30.7 Å². The highest BCUT2D eigenvalue weighted by molar-refractivity contribution is 5.20. The second kappa shape index (κ2) is 40.1. The van der Waals surface area contributed by atoms with Crippen molar-refractivity contribution >= 4 is 0 Å². The van der Waals surface area contributed by atoms with Gasteiger partial charge in [0.2, 0.25) is 0 Å². The van der Waals surface area contributed by atoms with Crippen molar-refractivity contribution in [3.05, 3.63) is 314 Å². The van der Waals surface area contributed by atoms with Crippen LogP contribution < -0.4 is 0 Å². The third-order valence-corrected chi connectivity index (χ3v) is 18.0. The van der Waals surface area contributed by atoms with Crippen LogP contribution in [0.15, 0.2) is 243 Å². The summed E-state index contributed by atoms with van der Waals surface area (Å²) in [5.74, 6) is 0. The Morgan fingerprint density at radius 2 is 0.615 bits per heavy atom. The molecule has 0 aromatic heterocycles. The molecule has 0 spiro atoms. The monoisotopic (exact) mass is 1410 g/mol. The minimum absolute atomic E-state index is 0.0101. The highest BCUT2D eigenvalue weighted by Crippen LogP contribution is 2.41. The molecule has 11 rings (SSSR count). The summed E-state index contributed by atoms with van der Waals surface area (Å²) in [4.78, 5) is 19.4. The summed E-state index contributed by atoms with van der Waals surface area (Å²) >= 11 is 0. The normalized spacial score (nSPS) is 27.9. The number of azide groups is 6. The molecule has 3 heterocycles. The van der Waals surface area contributed by atoms with Gasteiger partial charge in [0.05, 0.1) is 109 Å². The minimum atomic E-state index is -1.69. The average Bonchev–Trinajstić information content (AvgIpc) is 0.757. The highest BCUT2D eigenvalue weighted by Gasteiger charge is 2.57. The van der Waals surface area contributed by atoms with Gasteiger partial charge in [0.15, 0.2) is 18.9 Å². The van der Waals surface area contributed by atoms with Gasteiger partial charge in [-0.25, -0.2) is 0 Å². The van der Waals surface area contributed by atoms with Crippen molar-refractivity contribution in [1.82, 2.24) is 0 Å². The zero-order chi connectivity index (χ0) is 71.9. The van der Waals surface area contributed by atoms with E-state index >= 15 is 0 Å². The quantitative estimate of drug-likeness (QED) is 0.0200. The van der Waals surface area contributed by atoms with Crippen molar-refractivity contribution < 1.29 is 61.6 Å². The third kappa shape index (κ3) is 21.0. The summed E-state index contributed by atoms with van der Waals surface area (Å²) in [5, 5.41) is 25.2. The molecule has 0 N–H and O–H groups in total. The van der Waals surface area contributed by atoms with Gasteiger partial charge in [0.1, 0.15) is 54.8 Å². The number of nitrogens with zero attached hydrogens (tertiary/aromatic N) is 18. The Balaban J connectivity index is 0.993. The summed E-state index contributed by atoms with van der Waals surface area (Å²) < 4.78 is 89.6. The van der Waals surface area contributed by atoms with Crippen LogP contribution >= 0.6 is 0 Å². The van der Waals surface area contributed by atoms with Gasteiger partial charge in [-0.3, -0.25) is 0 Å². The van der Waals surface area contributed by atoms with E-state index in [9.17, 15) is 33.2 Å². The van der Waals surface area contributed by atoms with E-state index in [-0.39, 0.29) is 78.8 Å². The van der Waals surface area contributed by atoms with Gasteiger partial charge < -0.3 is 61.6 Å². The Morgan fingerprint density at radius 1 is 0.298 bits per heavy atom. The summed E-state index contributed by atoms with van der Waals surface area (Å²) in [6, 6.07) is 59.2. The number of benzene rings is 7. The Kier molecular flexibility index (Phi) is 28.9. The SMILES string of the molecule is [N-]=[N+]=NC[C@H]1O[C@H](O[C@H]2[C@H](OCc3ccccc3)[C@@H](OC3O[C@H](COCc4ccccc4)[C@@H](OC4O[C@H](COCc5ccccc5)[C@@H](OCc5ccccc5)[C@H](OCc5ccccc5)[C@H]4N=[N+]=[N-])[C@H](OCc4ccccc4)[C@H]3N=[N+]=[N-])[C@H](N=[N+]=[N-])C[C@@H]2N=[N+]=[N-])[C@H](N=[N+]=[N-])C[C@@H]1OCc1ccccc1. The maximum Gasteiger partial charge on any atom is 0.169 e. The fourth-order valence-electron chi connectivity index (χ4n) is 13.1. The average molecular weight is 1420 g/mol. The van der Waals surface area contributed by atoms with Crippen LogP contribution in [-0.4, -0.2) is 136 Å². The molecule has 538 valence electrons. The van der Waals surface area contributed by atoms with Gasteiger partial charge in [-0.05, 0) is 85.0 Å². The molecule has 7 aromatic carbocycles. The molecule has 7 aromatic rings. The van der Waals surface area contributed by atoms with Crippen LogP contribution in [0, 0.1) is 0 Å². The lowest BCUT2D eigenvalue weighted by Gasteiger charge is -2.51. The Labute approximate surface area is 598 Å². The van der Waals surface area contributed by atoms with E-state index in [1.54, 1.807) is 0 Å². The van der Waals surface area contributed by atoms with E-state index in [0.29, 0.717) is 11.1 Å². The predicted molar refractivity (Wildman–Crippen MR) is 376 cm³/mol. The van der Waals surface area contributed by atoms with Gasteiger partial charge in [-0.15, -0.1) is 0 Å². The molecule has 31 heteroatoms. The lowest BCUT2D eigenvalue weighted by Crippen LogP contribution is -2.66. The zero-order valence-corrected chi connectivity index (χ0v) is 56.5. The van der Waals surface area contributed by atoms with Crippen molar-refractivity contribution in [3.63, 3.8) is 0 Å². The van der Waals surface area contributed by atoms with Gasteiger partial charge in [0.25, 0.3) is 0 Å². The van der Waals surface area contributed by atoms with Crippen molar-refractivity contribution in [2.75, 3.05) is 19.8 Å². The van der Waals surface area contributed by atoms with Gasteiger partial charge >= 0.3 is 0 Å². The first-order valence-corrected chi connectivity index (χ1v) is 34.0. The fraction of sp³-hybridized carbons (Fsp3) is 0.425. The molecule has 1 aliphatic carbocycles. The van der Waals surface area contributed by atoms with Gasteiger partial charge in [-0.2, -0.15) is 0 Å². The van der Waals surface area contributed by atoms with Crippen LogP contribution in [0.5, 0.6) is 0 Å². The molecule has 2 unspecified atom stereocenters. The smallest absolute Gasteiger partial charge is 0.169 e. The molecule has 19 atom stereocenters. The number of rotatable bonds is 36. The summed E-state index contributed by atoms with van der Waals surface area (Å²) in [6.45, 7) is -0.332. The van der Waals surface area contributed by atoms with Crippen LogP contribution in [0.2, 0.25) is 0 Å². The van der Waals surface area contributed by atoms with E-state index in [1.165, 1.54) is 0 Å². The molecule has 0 bridgehead atoms. The molecule has 3 aliphatic heterocycles. The second-order valence-electron chi connectivity index (χ2n) is 24.9. The molecule has 0 radical (unpaired) electrons. The first kappa shape index (κ1) is 75.1. The molecule has 104 heavy (non-hydrogen) atoms. The van der Waals surface area contributed by atoms with Crippen LogP contribution in [0.3, 0.4) is 0 Å². The number of hydrogen-bond donors (Lipinski definition) is 0. The van der Waals surface area contributed by atoms with Crippen LogP contribution in [0.1, 0.15) is 51.8 Å². The van der Waals surface area contributed by atoms with Crippen LogP contribution in [0.25, 0.3) is 62.7 Å². The topological polar surface area (TPSA) is 413 Å². The summed E-state index contributed by atoms with van der Waals surface area (Å²) in [6.07, 6.45) is -18.1. The predicted octanol–water partition coefficient (Wildman–Crippen LogP) is 15.2. The lowest BCUT2D eigenvalue weighted by molar-refractivity contribution is -0.350. The Morgan fingerprint density at radius 3 is 1.01 bits per heavy atom. The van der Waals surface area contributed by atoms with E-state index in [2.05, 4.69) is 60.2 Å². The molecule has 31 nitrogen and oxygen atoms in total. The van der Waals surface area contributed by atoms with Crippen LogP contribution in [-0.2, 0) is 108 Å². The lowest BCUT2D eigenvalue weighted by atomic mass is 9.83. The van der Waals surface area contributed by atoms with Gasteiger partial charge in [-0.1, -0.05) is 243 Å². The molecular weight excluding hydrogens is 1340 g/mol. The van der Waals surface area contributed by atoms with E-state index in [1.807, 2.05) is 212 Å². The third-order valence-electron chi connectivity index (χ3n) is 18.0. The van der Waals surface area contributed by atoms with Crippen molar-refractivity contribution in [1.29, 1.82) is 0 Å². The van der Waals surface area contributed by atoms with Crippen molar-refractivity contribution in [2.45, 2.75) is 175 Å². The second-order valence-corrected chi connectivity index (χ2v) is 24.9. The minimum Gasteiger partial charge on any atom is -0.374 e. The molecule has 0 amide bonds. The standard InChI is InChI=1S/C73H78N18O13/c74-86-80-38-59-58(94-41-50-26-12-3-13-27-50)37-57(83-89-77)71(99-59)102-64-55(81-87-75)36-56(82-88-76)65(70(64)98-45-54-34-20-7-21-35-54)103-72-63(85-91-79)69(97-44-53-32-18-6-19-33-53)67(61(101-72)47-93-40-49-24-10-2-11-25-49)104-73-62(84-90-78)68(96-43-52-30-16-5-17-31-52)66(95-42-51-28-14-4-15-29-51)60(100-73)46-92-39-48-22-8-1-9-23-48/h1-35,55-73H,36-47H2/t55-,56+,57+,58-,59+,60+,61+,62+,63+,64+,65-,66+,67+,68+,69+,70-,71+,72?,73?/m0/s1. The molecular formula is C73H78N18O13. The van der Waals surface area contributed by atoms with Crippen LogP contribution in [0.4, 0.5) is 0 Å². The summed E-state index contributed by atoms with van der Waals surface area (Å²) in [5.41, 5.74) is 67.6. The largest absolute Gasteiger partial charge is 0.374 e. The van der Waals surface area contributed by atoms with E-state index < -0.39 is 116 Å². The Bertz CT molecular complexity index is 4060. The van der Waals surface area contributed by atoms with E-state index in [4.69, 9.17) is 61.6 Å². The number of hydrogen-bond acceptors (Lipinski definition) is 19. The maximum absolute atomic E-state index is 10.9. The first-order valence-electron chi connectivity index (χ1n) is 34.0. The van der Waals surface area contributed by atoms with E-state index in [0.717, 1.165) is 27.8 Å². The maximum atomic E-state index is 10.9. The first-order chi connectivity index (χ1) is 51.3. The summed E-state index contributed by atoms with van der Waals surface area (Å²) in [7, 11) is 0.